The van der Waals surface area contributed by atoms with Crippen LogP contribution in [0.3, 0.4) is 0 Å². The molecule has 0 radical (unpaired) electrons. The lowest BCUT2D eigenvalue weighted by Gasteiger charge is -2.34. The number of halogens is 4. The maximum Gasteiger partial charge on any atom is 0.418 e. The van der Waals surface area contributed by atoms with Crippen molar-refractivity contribution in [2.24, 2.45) is 5.92 Å². The monoisotopic (exact) mass is 379 g/mol. The topological polar surface area (TPSA) is 75.4 Å². The summed E-state index contributed by atoms with van der Waals surface area (Å²) in [6.45, 7) is 3.92. The summed E-state index contributed by atoms with van der Waals surface area (Å²) in [5.74, 6) is -1.43. The highest BCUT2D eigenvalue weighted by atomic mass is 19.4. The number of nitrogens with zero attached hydrogens (tertiary/aromatic N) is 3. The predicted octanol–water partition coefficient (Wildman–Crippen LogP) is 2.13. The Morgan fingerprint density at radius 1 is 1.38 bits per heavy atom. The van der Waals surface area contributed by atoms with E-state index in [4.69, 9.17) is 0 Å². The molecule has 1 aromatic rings. The van der Waals surface area contributed by atoms with Gasteiger partial charge in [0.1, 0.15) is 6.17 Å². The molecule has 1 atom stereocenters. The minimum Gasteiger partial charge on any atom is -0.480 e. The van der Waals surface area contributed by atoms with Crippen molar-refractivity contribution in [2.45, 2.75) is 45.1 Å². The molecule has 1 aliphatic heterocycles. The largest absolute Gasteiger partial charge is 0.480 e. The third kappa shape index (κ3) is 4.80. The first-order chi connectivity index (χ1) is 12.0. The summed E-state index contributed by atoms with van der Waals surface area (Å²) in [5, 5.41) is 13.1. The summed E-state index contributed by atoms with van der Waals surface area (Å²) in [6, 6.07) is -0.949. The average molecular weight is 379 g/mol. The standard InChI is InChI=1S/C16H21F4N3O3/c1-9(2)5-13(15(25)26)23-14(24)6-11(16(18,19)20)12(21-23)3-4-22-7-10(17)8-22/h6,9-10,13H,3-5,7-8H2,1-2H3,(H,25,26). The van der Waals surface area contributed by atoms with Gasteiger partial charge in [-0.05, 0) is 12.3 Å². The van der Waals surface area contributed by atoms with Gasteiger partial charge in [-0.3, -0.25) is 9.69 Å². The number of likely N-dealkylation sites (tertiary alicyclic amines) is 1. The van der Waals surface area contributed by atoms with E-state index >= 15 is 0 Å². The Balaban J connectivity index is 2.38. The lowest BCUT2D eigenvalue weighted by Crippen LogP contribution is -2.49. The molecule has 1 aromatic heterocycles. The van der Waals surface area contributed by atoms with Gasteiger partial charge in [0.05, 0.1) is 11.3 Å². The molecule has 26 heavy (non-hydrogen) atoms. The van der Waals surface area contributed by atoms with Crippen LogP contribution in [-0.2, 0) is 17.4 Å². The third-order valence-corrected chi connectivity index (χ3v) is 4.19. The molecule has 1 N–H and O–H groups in total. The molecule has 2 heterocycles. The van der Waals surface area contributed by atoms with Crippen LogP contribution in [-0.4, -0.2) is 51.6 Å². The molecular formula is C16H21F4N3O3. The van der Waals surface area contributed by atoms with Crippen LogP contribution in [0, 0.1) is 5.92 Å². The fourth-order valence-corrected chi connectivity index (χ4v) is 2.86. The molecule has 0 bridgehead atoms. The van der Waals surface area contributed by atoms with Gasteiger partial charge < -0.3 is 5.11 Å². The van der Waals surface area contributed by atoms with Gasteiger partial charge >= 0.3 is 12.1 Å². The van der Waals surface area contributed by atoms with E-state index in [0.29, 0.717) is 10.7 Å². The van der Waals surface area contributed by atoms with E-state index in [9.17, 15) is 32.3 Å². The van der Waals surface area contributed by atoms with Gasteiger partial charge in [0.25, 0.3) is 5.56 Å². The van der Waals surface area contributed by atoms with Gasteiger partial charge in [-0.15, -0.1) is 0 Å². The third-order valence-electron chi connectivity index (χ3n) is 4.19. The molecule has 146 valence electrons. The molecule has 0 spiro atoms. The SMILES string of the molecule is CC(C)CC(C(=O)O)n1nc(CCN2CC(F)C2)c(C(F)(F)F)cc1=O. The Bertz CT molecular complexity index is 712. The Morgan fingerprint density at radius 2 is 2.00 bits per heavy atom. The van der Waals surface area contributed by atoms with Gasteiger partial charge in [0, 0.05) is 32.1 Å². The number of carbonyl (C=O) groups is 1. The van der Waals surface area contributed by atoms with E-state index in [2.05, 4.69) is 5.10 Å². The molecule has 10 heteroatoms. The lowest BCUT2D eigenvalue weighted by atomic mass is 10.0. The fraction of sp³-hybridized carbons (Fsp3) is 0.688. The number of carboxylic acids is 1. The van der Waals surface area contributed by atoms with Crippen molar-refractivity contribution in [1.29, 1.82) is 0 Å². The summed E-state index contributed by atoms with van der Waals surface area (Å²) in [4.78, 5) is 25.2. The fourth-order valence-electron chi connectivity index (χ4n) is 2.86. The van der Waals surface area contributed by atoms with Crippen LogP contribution in [0.2, 0.25) is 0 Å². The smallest absolute Gasteiger partial charge is 0.418 e. The zero-order chi connectivity index (χ0) is 19.6. The molecule has 0 amide bonds. The lowest BCUT2D eigenvalue weighted by molar-refractivity contribution is -0.142. The van der Waals surface area contributed by atoms with Crippen LogP contribution in [0.1, 0.15) is 37.6 Å². The Hall–Kier alpha value is -1.97. The van der Waals surface area contributed by atoms with E-state index in [0.717, 1.165) is 0 Å². The van der Waals surface area contributed by atoms with Crippen LogP contribution >= 0.6 is 0 Å². The molecule has 6 nitrogen and oxygen atoms in total. The highest BCUT2D eigenvalue weighted by Crippen LogP contribution is 2.31. The van der Waals surface area contributed by atoms with Gasteiger partial charge in [-0.1, -0.05) is 13.8 Å². The first-order valence-electron chi connectivity index (χ1n) is 8.28. The number of hydrogen-bond donors (Lipinski definition) is 1. The molecule has 0 aromatic carbocycles. The van der Waals surface area contributed by atoms with Crippen molar-refractivity contribution in [2.75, 3.05) is 19.6 Å². The molecule has 1 fully saturated rings. The van der Waals surface area contributed by atoms with Crippen molar-refractivity contribution < 1.29 is 27.5 Å². The summed E-state index contributed by atoms with van der Waals surface area (Å²) >= 11 is 0. The van der Waals surface area contributed by atoms with Crippen LogP contribution < -0.4 is 5.56 Å². The number of rotatable bonds is 7. The van der Waals surface area contributed by atoms with Gasteiger partial charge in [-0.2, -0.15) is 18.3 Å². The predicted molar refractivity (Wildman–Crippen MR) is 84.7 cm³/mol. The van der Waals surface area contributed by atoms with Crippen LogP contribution in [0.4, 0.5) is 17.6 Å². The highest BCUT2D eigenvalue weighted by molar-refractivity contribution is 5.71. The maximum atomic E-state index is 13.2. The van der Waals surface area contributed by atoms with Crippen molar-refractivity contribution in [3.63, 3.8) is 0 Å². The van der Waals surface area contributed by atoms with Crippen LogP contribution in [0.15, 0.2) is 10.9 Å². The number of aliphatic carboxylic acids is 1. The highest BCUT2D eigenvalue weighted by Gasteiger charge is 2.37. The first-order valence-corrected chi connectivity index (χ1v) is 8.28. The second kappa shape index (κ2) is 7.73. The van der Waals surface area contributed by atoms with Crippen LogP contribution in [0.5, 0.6) is 0 Å². The summed E-state index contributed by atoms with van der Waals surface area (Å²) in [7, 11) is 0. The minimum atomic E-state index is -4.78. The van der Waals surface area contributed by atoms with E-state index in [-0.39, 0.29) is 38.4 Å². The summed E-state index contributed by atoms with van der Waals surface area (Å²) in [5.41, 5.74) is -2.69. The molecule has 1 unspecified atom stereocenters. The van der Waals surface area contributed by atoms with Crippen molar-refractivity contribution >= 4 is 5.97 Å². The van der Waals surface area contributed by atoms with Crippen LogP contribution in [0.25, 0.3) is 0 Å². The maximum absolute atomic E-state index is 13.2. The molecule has 0 aliphatic carbocycles. The Morgan fingerprint density at radius 3 is 2.46 bits per heavy atom. The summed E-state index contributed by atoms with van der Waals surface area (Å²) < 4.78 is 53.2. The molecular weight excluding hydrogens is 358 g/mol. The number of hydrogen-bond acceptors (Lipinski definition) is 4. The van der Waals surface area contributed by atoms with Crippen molar-refractivity contribution in [3.8, 4) is 0 Å². The Kier molecular flexibility index (Phi) is 6.05. The zero-order valence-electron chi connectivity index (χ0n) is 14.5. The van der Waals surface area contributed by atoms with Gasteiger partial charge in [-0.25, -0.2) is 13.9 Å². The first kappa shape index (κ1) is 20.3. The Labute approximate surface area is 147 Å². The zero-order valence-corrected chi connectivity index (χ0v) is 14.5. The van der Waals surface area contributed by atoms with E-state index in [1.54, 1.807) is 18.7 Å². The second-order valence-electron chi connectivity index (χ2n) is 6.88. The van der Waals surface area contributed by atoms with Crippen molar-refractivity contribution in [3.05, 3.63) is 27.7 Å². The second-order valence-corrected chi connectivity index (χ2v) is 6.88. The van der Waals surface area contributed by atoms with E-state index in [1.165, 1.54) is 0 Å². The number of aromatic nitrogens is 2. The van der Waals surface area contributed by atoms with E-state index < -0.39 is 41.2 Å². The summed E-state index contributed by atoms with van der Waals surface area (Å²) in [6.07, 6.45) is -5.87. The minimum absolute atomic E-state index is 0.0582. The molecule has 0 saturated carbocycles. The van der Waals surface area contributed by atoms with Gasteiger partial charge in [0.15, 0.2) is 6.04 Å². The van der Waals surface area contributed by atoms with Crippen molar-refractivity contribution in [1.82, 2.24) is 14.7 Å². The average Bonchev–Trinajstić information content (AvgIpc) is 2.47. The van der Waals surface area contributed by atoms with E-state index in [1.807, 2.05) is 0 Å². The molecule has 1 saturated heterocycles. The number of alkyl halides is 4. The normalized spacial score (nSPS) is 17.3. The van der Waals surface area contributed by atoms with Gasteiger partial charge in [0.2, 0.25) is 0 Å². The molecule has 2 rings (SSSR count). The number of carboxylic acid groups (broad SMARTS) is 1. The quantitative estimate of drug-likeness (QED) is 0.735. The molecule has 1 aliphatic rings.